The number of rotatable bonds is 5. The minimum absolute atomic E-state index is 0.638. The number of imidazole rings is 1. The number of alkyl halides is 1. The first-order chi connectivity index (χ1) is 9.38. The van der Waals surface area contributed by atoms with Crippen LogP contribution in [0.25, 0.3) is 11.0 Å². The van der Waals surface area contributed by atoms with Crippen molar-refractivity contribution in [3.05, 3.63) is 24.3 Å². The molecule has 0 unspecified atom stereocenters. The van der Waals surface area contributed by atoms with Gasteiger partial charge in [-0.3, -0.25) is 4.98 Å². The molecule has 0 spiro atoms. The smallest absolute Gasteiger partial charge is 0.111 e. The highest BCUT2D eigenvalue weighted by Crippen LogP contribution is 2.53. The summed E-state index contributed by atoms with van der Waals surface area (Å²) in [6, 6.07) is 2.77. The minimum Gasteiger partial charge on any atom is -0.324 e. The maximum Gasteiger partial charge on any atom is 0.111 e. The summed E-state index contributed by atoms with van der Waals surface area (Å²) >= 11 is 5.96. The summed E-state index contributed by atoms with van der Waals surface area (Å²) in [6.45, 7) is 0. The topological polar surface area (TPSA) is 30.7 Å². The molecule has 0 atom stereocenters. The molecule has 0 radical (unpaired) electrons. The lowest BCUT2D eigenvalue weighted by atomic mass is 10.1. The van der Waals surface area contributed by atoms with Crippen LogP contribution in [-0.2, 0) is 6.42 Å². The van der Waals surface area contributed by atoms with E-state index in [0.717, 1.165) is 29.6 Å². The Bertz CT molecular complexity index is 586. The Hall–Kier alpha value is -1.09. The zero-order chi connectivity index (χ0) is 12.8. The highest BCUT2D eigenvalue weighted by Gasteiger charge is 2.43. The van der Waals surface area contributed by atoms with Gasteiger partial charge in [0.05, 0.1) is 11.7 Å². The Morgan fingerprint density at radius 2 is 2.00 bits per heavy atom. The van der Waals surface area contributed by atoms with Crippen LogP contribution < -0.4 is 0 Å². The molecule has 2 heterocycles. The maximum atomic E-state index is 5.96. The first-order valence-electron chi connectivity index (χ1n) is 7.25. The van der Waals surface area contributed by atoms with Crippen molar-refractivity contribution in [3.8, 4) is 0 Å². The van der Waals surface area contributed by atoms with Gasteiger partial charge in [-0.25, -0.2) is 4.98 Å². The Morgan fingerprint density at radius 1 is 1.26 bits per heavy atom. The first-order valence-corrected chi connectivity index (χ1v) is 7.78. The van der Waals surface area contributed by atoms with Crippen molar-refractivity contribution in [2.24, 2.45) is 11.8 Å². The number of halogens is 1. The molecular formula is C15H18ClN3. The molecule has 2 saturated carbocycles. The van der Waals surface area contributed by atoms with Crippen LogP contribution in [0, 0.1) is 11.8 Å². The molecule has 0 aliphatic heterocycles. The number of nitrogens with zero attached hydrogens (tertiary/aromatic N) is 3. The Labute approximate surface area is 118 Å². The second-order valence-electron chi connectivity index (χ2n) is 5.87. The van der Waals surface area contributed by atoms with Gasteiger partial charge in [0.1, 0.15) is 11.3 Å². The SMILES string of the molecule is ClCCc1nc2cnccc2n1C(C1CC1)C1CC1. The molecule has 2 aromatic heterocycles. The number of hydrogen-bond donors (Lipinski definition) is 0. The lowest BCUT2D eigenvalue weighted by Crippen LogP contribution is -2.16. The summed E-state index contributed by atoms with van der Waals surface area (Å²) in [4.78, 5) is 8.96. The van der Waals surface area contributed by atoms with E-state index in [4.69, 9.17) is 16.6 Å². The summed E-state index contributed by atoms with van der Waals surface area (Å²) in [6.07, 6.45) is 10.1. The summed E-state index contributed by atoms with van der Waals surface area (Å²) in [5, 5.41) is 0. The van der Waals surface area contributed by atoms with Crippen molar-refractivity contribution >= 4 is 22.6 Å². The van der Waals surface area contributed by atoms with E-state index in [1.807, 2.05) is 12.4 Å². The molecule has 2 aromatic rings. The third-order valence-corrected chi connectivity index (χ3v) is 4.58. The second kappa shape index (κ2) is 4.48. The van der Waals surface area contributed by atoms with Crippen LogP contribution in [0.2, 0.25) is 0 Å². The van der Waals surface area contributed by atoms with Crippen LogP contribution in [0.1, 0.15) is 37.5 Å². The van der Waals surface area contributed by atoms with Gasteiger partial charge in [0.25, 0.3) is 0 Å². The molecule has 100 valence electrons. The largest absolute Gasteiger partial charge is 0.324 e. The summed E-state index contributed by atoms with van der Waals surface area (Å²) in [7, 11) is 0. The zero-order valence-corrected chi connectivity index (χ0v) is 11.7. The van der Waals surface area contributed by atoms with Crippen molar-refractivity contribution in [3.63, 3.8) is 0 Å². The monoisotopic (exact) mass is 275 g/mol. The van der Waals surface area contributed by atoms with Gasteiger partial charge in [0.15, 0.2) is 0 Å². The highest BCUT2D eigenvalue weighted by molar-refractivity contribution is 6.17. The third-order valence-electron chi connectivity index (χ3n) is 4.39. The van der Waals surface area contributed by atoms with Gasteiger partial charge in [0, 0.05) is 24.5 Å². The van der Waals surface area contributed by atoms with Crippen LogP contribution in [0.4, 0.5) is 0 Å². The van der Waals surface area contributed by atoms with E-state index in [0.29, 0.717) is 11.9 Å². The molecule has 3 nitrogen and oxygen atoms in total. The molecule has 2 aliphatic rings. The van der Waals surface area contributed by atoms with Crippen molar-refractivity contribution in [2.45, 2.75) is 38.1 Å². The van der Waals surface area contributed by atoms with Gasteiger partial charge in [-0.1, -0.05) is 0 Å². The van der Waals surface area contributed by atoms with Gasteiger partial charge in [-0.05, 0) is 43.6 Å². The zero-order valence-electron chi connectivity index (χ0n) is 10.9. The van der Waals surface area contributed by atoms with Crippen molar-refractivity contribution in [1.29, 1.82) is 0 Å². The molecule has 0 aromatic carbocycles. The van der Waals surface area contributed by atoms with Crippen LogP contribution in [0.15, 0.2) is 18.5 Å². The molecule has 19 heavy (non-hydrogen) atoms. The fraction of sp³-hybridized carbons (Fsp3) is 0.600. The van der Waals surface area contributed by atoms with Gasteiger partial charge in [-0.2, -0.15) is 0 Å². The van der Waals surface area contributed by atoms with E-state index in [1.54, 1.807) is 0 Å². The lowest BCUT2D eigenvalue weighted by Gasteiger charge is -2.21. The van der Waals surface area contributed by atoms with Crippen molar-refractivity contribution in [2.75, 3.05) is 5.88 Å². The summed E-state index contributed by atoms with van der Waals surface area (Å²) < 4.78 is 2.49. The quantitative estimate of drug-likeness (QED) is 0.781. The third kappa shape index (κ3) is 2.04. The number of hydrogen-bond acceptors (Lipinski definition) is 2. The van der Waals surface area contributed by atoms with Crippen LogP contribution in [0.5, 0.6) is 0 Å². The van der Waals surface area contributed by atoms with E-state index in [-0.39, 0.29) is 0 Å². The highest BCUT2D eigenvalue weighted by atomic mass is 35.5. The molecule has 4 rings (SSSR count). The number of fused-ring (bicyclic) bond motifs is 1. The standard InChI is InChI=1S/C15H18ClN3/c16-7-5-14-18-12-9-17-8-6-13(12)19(14)15(10-1-2-10)11-3-4-11/h6,8-11,15H,1-5,7H2. The molecule has 2 fully saturated rings. The predicted molar refractivity (Wildman–Crippen MR) is 76.4 cm³/mol. The van der Waals surface area contributed by atoms with Crippen molar-refractivity contribution < 1.29 is 0 Å². The van der Waals surface area contributed by atoms with Gasteiger partial charge >= 0.3 is 0 Å². The Balaban J connectivity index is 1.86. The normalized spacial score (nSPS) is 19.5. The van der Waals surface area contributed by atoms with E-state index in [2.05, 4.69) is 15.6 Å². The average Bonchev–Trinajstić information content (AvgIpc) is 3.31. The Morgan fingerprint density at radius 3 is 2.63 bits per heavy atom. The van der Waals surface area contributed by atoms with Gasteiger partial charge in [0.2, 0.25) is 0 Å². The fourth-order valence-electron chi connectivity index (χ4n) is 3.28. The molecular weight excluding hydrogens is 258 g/mol. The summed E-state index contributed by atoms with van der Waals surface area (Å²) in [5.41, 5.74) is 2.27. The molecule has 0 N–H and O–H groups in total. The van der Waals surface area contributed by atoms with Crippen LogP contribution in [-0.4, -0.2) is 20.4 Å². The lowest BCUT2D eigenvalue weighted by molar-refractivity contribution is 0.393. The first kappa shape index (κ1) is 11.7. The second-order valence-corrected chi connectivity index (χ2v) is 6.24. The Kier molecular flexibility index (Phi) is 2.76. The molecule has 2 aliphatic carbocycles. The fourth-order valence-corrected chi connectivity index (χ4v) is 3.45. The number of pyridine rings is 1. The predicted octanol–water partition coefficient (Wildman–Crippen LogP) is 3.57. The molecule has 0 saturated heterocycles. The van der Waals surface area contributed by atoms with Crippen LogP contribution in [0.3, 0.4) is 0 Å². The van der Waals surface area contributed by atoms with E-state index in [1.165, 1.54) is 31.2 Å². The number of aryl methyl sites for hydroxylation is 1. The van der Waals surface area contributed by atoms with Crippen molar-refractivity contribution in [1.82, 2.24) is 14.5 Å². The summed E-state index contributed by atoms with van der Waals surface area (Å²) in [5.74, 6) is 3.53. The number of aromatic nitrogens is 3. The molecule has 0 bridgehead atoms. The molecule has 0 amide bonds. The molecule has 4 heteroatoms. The van der Waals surface area contributed by atoms with Gasteiger partial charge in [-0.15, -0.1) is 11.6 Å². The van der Waals surface area contributed by atoms with E-state index < -0.39 is 0 Å². The maximum absolute atomic E-state index is 5.96. The average molecular weight is 276 g/mol. The van der Waals surface area contributed by atoms with Gasteiger partial charge < -0.3 is 4.57 Å². The minimum atomic E-state index is 0.638. The van der Waals surface area contributed by atoms with E-state index in [9.17, 15) is 0 Å². The van der Waals surface area contributed by atoms with Crippen LogP contribution >= 0.6 is 11.6 Å². The van der Waals surface area contributed by atoms with E-state index >= 15 is 0 Å².